The molecule has 0 aliphatic heterocycles. The van der Waals surface area contributed by atoms with Gasteiger partial charge < -0.3 is 4.74 Å². The van der Waals surface area contributed by atoms with Crippen LogP contribution < -0.4 is 4.74 Å². The predicted molar refractivity (Wildman–Crippen MR) is 90.2 cm³/mol. The van der Waals surface area contributed by atoms with Gasteiger partial charge in [0.05, 0.1) is 17.5 Å². The van der Waals surface area contributed by atoms with Gasteiger partial charge in [0.1, 0.15) is 5.75 Å². The van der Waals surface area contributed by atoms with Crippen LogP contribution in [0.5, 0.6) is 11.6 Å². The van der Waals surface area contributed by atoms with E-state index in [1.165, 1.54) is 0 Å². The zero-order valence-electron chi connectivity index (χ0n) is 13.7. The molecule has 0 saturated heterocycles. The minimum absolute atomic E-state index is 0.0146. The Morgan fingerprint density at radius 3 is 2.30 bits per heavy atom. The van der Waals surface area contributed by atoms with E-state index in [1.807, 2.05) is 0 Å². The van der Waals surface area contributed by atoms with Crippen LogP contribution in [0.2, 0.25) is 5.28 Å². The molecule has 0 unspecified atom stereocenters. The molecule has 3 rings (SSSR count). The van der Waals surface area contributed by atoms with Gasteiger partial charge in [-0.25, -0.2) is 19.3 Å². The number of alkyl halides is 3. The zero-order chi connectivity index (χ0) is 19.4. The van der Waals surface area contributed by atoms with E-state index >= 15 is 0 Å². The van der Waals surface area contributed by atoms with Crippen molar-refractivity contribution in [1.82, 2.24) is 15.0 Å². The molecule has 0 radical (unpaired) electrons. The normalized spacial score (nSPS) is 11.4. The van der Waals surface area contributed by atoms with Crippen molar-refractivity contribution in [2.75, 3.05) is 0 Å². The van der Waals surface area contributed by atoms with Crippen LogP contribution in [0.1, 0.15) is 16.8 Å². The van der Waals surface area contributed by atoms with Crippen molar-refractivity contribution in [2.24, 2.45) is 0 Å². The Morgan fingerprint density at radius 2 is 1.67 bits per heavy atom. The van der Waals surface area contributed by atoms with Gasteiger partial charge in [-0.05, 0) is 48.2 Å². The molecule has 0 spiro atoms. The summed E-state index contributed by atoms with van der Waals surface area (Å²) in [4.78, 5) is 11.1. The Labute approximate surface area is 156 Å². The molecule has 27 heavy (non-hydrogen) atoms. The highest BCUT2D eigenvalue weighted by molar-refractivity contribution is 6.28. The molecule has 0 saturated carbocycles. The van der Waals surface area contributed by atoms with Gasteiger partial charge in [-0.2, -0.15) is 13.2 Å². The van der Waals surface area contributed by atoms with Crippen LogP contribution in [0, 0.1) is 5.82 Å². The van der Waals surface area contributed by atoms with Gasteiger partial charge in [0.25, 0.3) is 0 Å². The second-order valence-corrected chi connectivity index (χ2v) is 5.90. The molecule has 3 aromatic rings. The number of benzene rings is 1. The van der Waals surface area contributed by atoms with Crippen LogP contribution in [-0.4, -0.2) is 15.0 Å². The van der Waals surface area contributed by atoms with E-state index in [-0.39, 0.29) is 16.9 Å². The van der Waals surface area contributed by atoms with E-state index in [9.17, 15) is 17.6 Å². The Balaban J connectivity index is 1.61. The second-order valence-electron chi connectivity index (χ2n) is 5.56. The quantitative estimate of drug-likeness (QED) is 0.435. The number of aromatic nitrogens is 3. The first kappa shape index (κ1) is 19.0. The molecule has 0 aliphatic carbocycles. The minimum atomic E-state index is -4.44. The van der Waals surface area contributed by atoms with Crippen LogP contribution in [0.3, 0.4) is 0 Å². The molecule has 0 amide bonds. The highest BCUT2D eigenvalue weighted by Gasteiger charge is 2.30. The molecular weight excluding hydrogens is 386 g/mol. The summed E-state index contributed by atoms with van der Waals surface area (Å²) >= 11 is 5.66. The van der Waals surface area contributed by atoms with Crippen molar-refractivity contribution in [1.29, 1.82) is 0 Å². The largest absolute Gasteiger partial charge is 0.439 e. The van der Waals surface area contributed by atoms with E-state index < -0.39 is 17.6 Å². The number of halogens is 5. The molecule has 140 valence electrons. The number of hydrogen-bond donors (Lipinski definition) is 0. The molecule has 0 atom stereocenters. The second kappa shape index (κ2) is 7.87. The summed E-state index contributed by atoms with van der Waals surface area (Å²) < 4.78 is 56.6. The summed E-state index contributed by atoms with van der Waals surface area (Å²) in [7, 11) is 0. The lowest BCUT2D eigenvalue weighted by Gasteiger charge is -2.08. The molecule has 1 aromatic carbocycles. The van der Waals surface area contributed by atoms with Gasteiger partial charge in [-0.15, -0.1) is 0 Å². The summed E-state index contributed by atoms with van der Waals surface area (Å²) in [5.41, 5.74) is 0.281. The molecule has 0 N–H and O–H groups in total. The Bertz CT molecular complexity index is 915. The van der Waals surface area contributed by atoms with Gasteiger partial charge in [0.2, 0.25) is 11.2 Å². The van der Waals surface area contributed by atoms with Crippen LogP contribution >= 0.6 is 11.6 Å². The van der Waals surface area contributed by atoms with Crippen molar-refractivity contribution in [2.45, 2.75) is 19.0 Å². The fourth-order valence-corrected chi connectivity index (χ4v) is 2.42. The zero-order valence-corrected chi connectivity index (χ0v) is 14.4. The van der Waals surface area contributed by atoms with Gasteiger partial charge in [-0.1, -0.05) is 12.1 Å². The number of rotatable bonds is 5. The van der Waals surface area contributed by atoms with Crippen LogP contribution in [0.4, 0.5) is 17.6 Å². The van der Waals surface area contributed by atoms with E-state index in [0.29, 0.717) is 24.8 Å². The van der Waals surface area contributed by atoms with E-state index in [2.05, 4.69) is 15.0 Å². The maximum Gasteiger partial charge on any atom is 0.417 e. The summed E-state index contributed by atoms with van der Waals surface area (Å²) in [6, 6.07) is 8.88. The highest BCUT2D eigenvalue weighted by Crippen LogP contribution is 2.30. The lowest BCUT2D eigenvalue weighted by Crippen LogP contribution is -2.05. The van der Waals surface area contributed by atoms with Gasteiger partial charge in [0.15, 0.2) is 5.82 Å². The van der Waals surface area contributed by atoms with E-state index in [0.717, 1.165) is 23.9 Å². The fraction of sp³-hybridized carbons (Fsp3) is 0.167. The molecule has 0 fully saturated rings. The van der Waals surface area contributed by atoms with Crippen molar-refractivity contribution >= 4 is 11.6 Å². The van der Waals surface area contributed by atoms with Crippen molar-refractivity contribution in [3.05, 3.63) is 76.7 Å². The minimum Gasteiger partial charge on any atom is -0.439 e. The first-order valence-corrected chi connectivity index (χ1v) is 8.16. The first-order valence-electron chi connectivity index (χ1n) is 7.78. The van der Waals surface area contributed by atoms with Gasteiger partial charge >= 0.3 is 6.18 Å². The number of nitrogens with zero attached hydrogens (tertiary/aromatic N) is 3. The summed E-state index contributed by atoms with van der Waals surface area (Å²) in [6.07, 6.45) is -1.85. The molecule has 0 aliphatic rings. The van der Waals surface area contributed by atoms with E-state index in [1.54, 1.807) is 24.3 Å². The Hall–Kier alpha value is -2.74. The van der Waals surface area contributed by atoms with E-state index in [4.69, 9.17) is 16.3 Å². The lowest BCUT2D eigenvalue weighted by molar-refractivity contribution is -0.137. The average molecular weight is 398 g/mol. The summed E-state index contributed by atoms with van der Waals surface area (Å²) in [6.45, 7) is 0. The van der Waals surface area contributed by atoms with Gasteiger partial charge in [0, 0.05) is 12.3 Å². The monoisotopic (exact) mass is 397 g/mol. The van der Waals surface area contributed by atoms with Crippen molar-refractivity contribution in [3.8, 4) is 11.6 Å². The standard InChI is InChI=1S/C18H12ClF4N3O/c19-17-25-10-14(20)15(26-17)7-3-11-1-5-13(6-2-11)27-16-8-4-12(9-24-16)18(21,22)23/h1-2,4-6,8-10H,3,7H2. The first-order chi connectivity index (χ1) is 12.8. The topological polar surface area (TPSA) is 47.9 Å². The number of ether oxygens (including phenoxy) is 1. The van der Waals surface area contributed by atoms with Crippen LogP contribution in [-0.2, 0) is 19.0 Å². The third kappa shape index (κ3) is 5.13. The lowest BCUT2D eigenvalue weighted by atomic mass is 10.1. The summed E-state index contributed by atoms with van der Waals surface area (Å²) in [5, 5.41) is -0.0146. The predicted octanol–water partition coefficient (Wildman–Crippen LogP) is 5.26. The maximum atomic E-state index is 13.6. The highest BCUT2D eigenvalue weighted by atomic mass is 35.5. The Kier molecular flexibility index (Phi) is 5.55. The van der Waals surface area contributed by atoms with Crippen LogP contribution in [0.15, 0.2) is 48.8 Å². The van der Waals surface area contributed by atoms with Crippen molar-refractivity contribution in [3.63, 3.8) is 0 Å². The molecule has 9 heteroatoms. The SMILES string of the molecule is Fc1cnc(Cl)nc1CCc1ccc(Oc2ccc(C(F)(F)F)cn2)cc1. The number of hydrogen-bond acceptors (Lipinski definition) is 4. The average Bonchev–Trinajstić information content (AvgIpc) is 2.63. The molecule has 2 heterocycles. The molecule has 4 nitrogen and oxygen atoms in total. The van der Waals surface area contributed by atoms with Crippen LogP contribution in [0.25, 0.3) is 0 Å². The number of pyridine rings is 1. The maximum absolute atomic E-state index is 13.6. The third-order valence-electron chi connectivity index (χ3n) is 3.65. The molecule has 2 aromatic heterocycles. The van der Waals surface area contributed by atoms with Gasteiger partial charge in [-0.3, -0.25) is 0 Å². The van der Waals surface area contributed by atoms with Crippen molar-refractivity contribution < 1.29 is 22.3 Å². The molecular formula is C18H12ClF4N3O. The smallest absolute Gasteiger partial charge is 0.417 e. The summed E-state index contributed by atoms with van der Waals surface area (Å²) in [5.74, 6) is -0.0524. The fourth-order valence-electron chi connectivity index (χ4n) is 2.27. The molecule has 0 bridgehead atoms. The number of aryl methyl sites for hydroxylation is 2. The third-order valence-corrected chi connectivity index (χ3v) is 3.83. The Morgan fingerprint density at radius 1 is 0.926 bits per heavy atom.